The summed E-state index contributed by atoms with van der Waals surface area (Å²) < 4.78 is 7.57. The number of hydrogen-bond acceptors (Lipinski definition) is 3. The van der Waals surface area contributed by atoms with Gasteiger partial charge in [-0.15, -0.1) is 0 Å². The molecule has 1 fully saturated rings. The molecule has 1 amide bonds. The van der Waals surface area contributed by atoms with Gasteiger partial charge in [0.15, 0.2) is 0 Å². The molecule has 5 nitrogen and oxygen atoms in total. The van der Waals surface area contributed by atoms with Gasteiger partial charge in [0.05, 0.1) is 6.10 Å². The van der Waals surface area contributed by atoms with Gasteiger partial charge in [0.25, 0.3) is 5.91 Å². The minimum absolute atomic E-state index is 0.0452. The summed E-state index contributed by atoms with van der Waals surface area (Å²) in [6.07, 6.45) is 3.63. The van der Waals surface area contributed by atoms with Crippen LogP contribution in [0.3, 0.4) is 0 Å². The number of carbonyl (C=O) groups excluding carboxylic acids is 1. The fourth-order valence-electron chi connectivity index (χ4n) is 3.33. The van der Waals surface area contributed by atoms with E-state index in [9.17, 15) is 10.1 Å². The highest BCUT2D eigenvalue weighted by Crippen LogP contribution is 2.24. The van der Waals surface area contributed by atoms with Gasteiger partial charge >= 0.3 is 0 Å². The van der Waals surface area contributed by atoms with Crippen LogP contribution in [0.15, 0.2) is 35.9 Å². The molecule has 1 aliphatic rings. The summed E-state index contributed by atoms with van der Waals surface area (Å²) in [5.41, 5.74) is 3.87. The lowest BCUT2D eigenvalue weighted by Gasteiger charge is -2.10. The van der Waals surface area contributed by atoms with Crippen LogP contribution >= 0.6 is 11.6 Å². The molecule has 6 heteroatoms. The Balaban J connectivity index is 1.82. The zero-order chi connectivity index (χ0) is 19.4. The van der Waals surface area contributed by atoms with Gasteiger partial charge in [-0.3, -0.25) is 4.79 Å². The van der Waals surface area contributed by atoms with Crippen LogP contribution in [0.2, 0.25) is 5.02 Å². The van der Waals surface area contributed by atoms with E-state index in [0.29, 0.717) is 11.6 Å². The van der Waals surface area contributed by atoms with Crippen molar-refractivity contribution in [2.75, 3.05) is 13.2 Å². The summed E-state index contributed by atoms with van der Waals surface area (Å²) in [4.78, 5) is 12.4. The van der Waals surface area contributed by atoms with E-state index in [1.165, 1.54) is 0 Å². The van der Waals surface area contributed by atoms with Gasteiger partial charge in [-0.1, -0.05) is 11.6 Å². The molecule has 0 unspecified atom stereocenters. The van der Waals surface area contributed by atoms with E-state index in [1.807, 2.05) is 50.2 Å². The molecule has 1 aromatic heterocycles. The zero-order valence-electron chi connectivity index (χ0n) is 15.5. The van der Waals surface area contributed by atoms with E-state index in [1.54, 1.807) is 6.08 Å². The Morgan fingerprint density at radius 1 is 1.41 bits per heavy atom. The molecule has 0 aliphatic carbocycles. The van der Waals surface area contributed by atoms with Crippen molar-refractivity contribution in [3.63, 3.8) is 0 Å². The molecule has 1 aromatic carbocycles. The van der Waals surface area contributed by atoms with Crippen molar-refractivity contribution < 1.29 is 9.53 Å². The smallest absolute Gasteiger partial charge is 0.262 e. The maximum atomic E-state index is 12.4. The van der Waals surface area contributed by atoms with Crippen LogP contribution in [0.25, 0.3) is 11.8 Å². The summed E-state index contributed by atoms with van der Waals surface area (Å²) in [6.45, 7) is 5.12. The molecular formula is C21H22ClN3O2. The Bertz CT molecular complexity index is 901. The highest BCUT2D eigenvalue weighted by Gasteiger charge is 2.18. The topological polar surface area (TPSA) is 67.1 Å². The minimum Gasteiger partial charge on any atom is -0.376 e. The molecule has 1 aliphatic heterocycles. The zero-order valence-corrected chi connectivity index (χ0v) is 16.2. The molecule has 1 saturated heterocycles. The van der Waals surface area contributed by atoms with E-state index < -0.39 is 0 Å². The van der Waals surface area contributed by atoms with Gasteiger partial charge in [-0.25, -0.2) is 0 Å². The van der Waals surface area contributed by atoms with E-state index in [4.69, 9.17) is 16.3 Å². The molecule has 140 valence electrons. The van der Waals surface area contributed by atoms with E-state index in [2.05, 4.69) is 9.88 Å². The summed E-state index contributed by atoms with van der Waals surface area (Å²) >= 11 is 5.97. The van der Waals surface area contributed by atoms with Gasteiger partial charge in [-0.05, 0) is 68.7 Å². The first-order chi connectivity index (χ1) is 13.0. The number of nitriles is 1. The van der Waals surface area contributed by atoms with Crippen LogP contribution < -0.4 is 5.32 Å². The van der Waals surface area contributed by atoms with Crippen molar-refractivity contribution in [2.24, 2.45) is 0 Å². The molecule has 27 heavy (non-hydrogen) atoms. The van der Waals surface area contributed by atoms with E-state index >= 15 is 0 Å². The monoisotopic (exact) mass is 383 g/mol. The van der Waals surface area contributed by atoms with Crippen LogP contribution in [0.1, 0.15) is 29.8 Å². The van der Waals surface area contributed by atoms with Gasteiger partial charge < -0.3 is 14.6 Å². The van der Waals surface area contributed by atoms with Gasteiger partial charge in [0.1, 0.15) is 11.6 Å². The van der Waals surface area contributed by atoms with Gasteiger partial charge in [0, 0.05) is 35.2 Å². The molecule has 1 N–H and O–H groups in total. The van der Waals surface area contributed by atoms with E-state index in [0.717, 1.165) is 42.1 Å². The van der Waals surface area contributed by atoms with Crippen molar-refractivity contribution in [1.29, 1.82) is 5.26 Å². The Kier molecular flexibility index (Phi) is 6.00. The number of nitrogens with one attached hydrogen (secondary N) is 1. The predicted octanol–water partition coefficient (Wildman–Crippen LogP) is 3.95. The number of ether oxygens (including phenoxy) is 1. The Labute approximate surface area is 164 Å². The largest absolute Gasteiger partial charge is 0.376 e. The first-order valence-corrected chi connectivity index (χ1v) is 9.34. The van der Waals surface area contributed by atoms with Crippen LogP contribution in [0.4, 0.5) is 0 Å². The quantitative estimate of drug-likeness (QED) is 0.628. The maximum absolute atomic E-state index is 12.4. The number of halogens is 1. The summed E-state index contributed by atoms with van der Waals surface area (Å²) in [5.74, 6) is -0.371. The highest BCUT2D eigenvalue weighted by atomic mass is 35.5. The predicted molar refractivity (Wildman–Crippen MR) is 106 cm³/mol. The van der Waals surface area contributed by atoms with Crippen molar-refractivity contribution >= 4 is 23.6 Å². The summed E-state index contributed by atoms with van der Waals surface area (Å²) in [5, 5.41) is 12.9. The summed E-state index contributed by atoms with van der Waals surface area (Å²) in [7, 11) is 0. The standard InChI is InChI=1S/C21H22ClN3O2/c1-14-10-16(15(2)25(14)19-7-5-18(22)6-8-19)11-17(12-23)21(26)24-13-20-4-3-9-27-20/h5-8,10-11,20H,3-4,9,13H2,1-2H3,(H,24,26)/b17-11+/t20-/m0/s1. The van der Waals surface area contributed by atoms with Crippen LogP contribution in [-0.4, -0.2) is 29.7 Å². The number of amides is 1. The lowest BCUT2D eigenvalue weighted by atomic mass is 10.1. The second-order valence-corrected chi connectivity index (χ2v) is 7.09. The fourth-order valence-corrected chi connectivity index (χ4v) is 3.46. The third-order valence-corrected chi connectivity index (χ3v) is 4.99. The molecule has 3 rings (SSSR count). The van der Waals surface area contributed by atoms with Crippen molar-refractivity contribution in [3.8, 4) is 11.8 Å². The first-order valence-electron chi connectivity index (χ1n) is 8.96. The third kappa shape index (κ3) is 4.41. The van der Waals surface area contributed by atoms with Crippen LogP contribution in [0.5, 0.6) is 0 Å². The third-order valence-electron chi connectivity index (χ3n) is 4.73. The number of aromatic nitrogens is 1. The number of rotatable bonds is 5. The Morgan fingerprint density at radius 3 is 2.78 bits per heavy atom. The van der Waals surface area contributed by atoms with E-state index in [-0.39, 0.29) is 17.6 Å². The molecule has 0 saturated carbocycles. The fraction of sp³-hybridized carbons (Fsp3) is 0.333. The highest BCUT2D eigenvalue weighted by molar-refractivity contribution is 6.30. The Morgan fingerprint density at radius 2 is 2.15 bits per heavy atom. The molecule has 0 bridgehead atoms. The summed E-state index contributed by atoms with van der Waals surface area (Å²) in [6, 6.07) is 11.5. The molecular weight excluding hydrogens is 362 g/mol. The van der Waals surface area contributed by atoms with Crippen molar-refractivity contribution in [1.82, 2.24) is 9.88 Å². The molecule has 0 spiro atoms. The van der Waals surface area contributed by atoms with Crippen molar-refractivity contribution in [3.05, 3.63) is 57.9 Å². The molecule has 1 atom stereocenters. The number of hydrogen-bond donors (Lipinski definition) is 1. The number of nitrogens with zero attached hydrogens (tertiary/aromatic N) is 2. The number of aryl methyl sites for hydroxylation is 1. The lowest BCUT2D eigenvalue weighted by molar-refractivity contribution is -0.117. The Hall–Kier alpha value is -2.55. The average molecular weight is 384 g/mol. The van der Waals surface area contributed by atoms with Crippen LogP contribution in [-0.2, 0) is 9.53 Å². The number of benzene rings is 1. The van der Waals surface area contributed by atoms with Crippen LogP contribution in [0, 0.1) is 25.2 Å². The first kappa shape index (κ1) is 19.2. The molecule has 2 heterocycles. The van der Waals surface area contributed by atoms with Gasteiger partial charge in [-0.2, -0.15) is 5.26 Å². The molecule has 2 aromatic rings. The van der Waals surface area contributed by atoms with Gasteiger partial charge in [0.2, 0.25) is 0 Å². The SMILES string of the molecule is Cc1cc(/C=C(\C#N)C(=O)NC[C@@H]2CCCO2)c(C)n1-c1ccc(Cl)cc1. The maximum Gasteiger partial charge on any atom is 0.262 e. The second-order valence-electron chi connectivity index (χ2n) is 6.65. The lowest BCUT2D eigenvalue weighted by Crippen LogP contribution is -2.32. The number of carbonyl (C=O) groups is 1. The minimum atomic E-state index is -0.371. The average Bonchev–Trinajstić information content (AvgIpc) is 3.27. The van der Waals surface area contributed by atoms with Crippen molar-refractivity contribution in [2.45, 2.75) is 32.8 Å². The normalized spacial score (nSPS) is 17.0. The molecule has 0 radical (unpaired) electrons. The second kappa shape index (κ2) is 8.43.